The lowest BCUT2D eigenvalue weighted by Crippen LogP contribution is -2.58. The van der Waals surface area contributed by atoms with Crippen molar-refractivity contribution in [3.63, 3.8) is 0 Å². The number of amides is 1. The summed E-state index contributed by atoms with van der Waals surface area (Å²) in [5.74, 6) is -1.94. The van der Waals surface area contributed by atoms with Crippen molar-refractivity contribution in [3.8, 4) is 0 Å². The minimum absolute atomic E-state index is 0.0629. The van der Waals surface area contributed by atoms with E-state index in [-0.39, 0.29) is 67.2 Å². The number of aliphatic hydroxyl groups excluding tert-OH is 2. The van der Waals surface area contributed by atoms with Crippen molar-refractivity contribution in [3.05, 3.63) is 71.8 Å². The Bertz CT molecular complexity index is 1800. The van der Waals surface area contributed by atoms with Gasteiger partial charge in [0.1, 0.15) is 6.54 Å². The molecule has 61 heavy (non-hydrogen) atoms. The van der Waals surface area contributed by atoms with Crippen LogP contribution < -0.4 is 5.32 Å². The Morgan fingerprint density at radius 2 is 1.44 bits per heavy atom. The number of benzene rings is 2. The molecule has 1 amide bonds. The molecule has 4 N–H and O–H groups in total. The largest absolute Gasteiger partial charge is 0.481 e. The van der Waals surface area contributed by atoms with Crippen LogP contribution in [-0.4, -0.2) is 70.8 Å². The Morgan fingerprint density at radius 3 is 2.08 bits per heavy atom. The Balaban J connectivity index is 0.897. The van der Waals surface area contributed by atoms with Crippen molar-refractivity contribution >= 4 is 31.4 Å². The van der Waals surface area contributed by atoms with E-state index in [1.165, 1.54) is 0 Å². The summed E-state index contributed by atoms with van der Waals surface area (Å²) < 4.78 is 35.3. The predicted molar refractivity (Wildman–Crippen MR) is 226 cm³/mol. The Labute approximate surface area is 360 Å². The normalized spacial score (nSPS) is 30.5. The van der Waals surface area contributed by atoms with Crippen LogP contribution in [-0.2, 0) is 55.5 Å². The summed E-state index contributed by atoms with van der Waals surface area (Å²) in [5.41, 5.74) is 1.42. The van der Waals surface area contributed by atoms with Gasteiger partial charge in [0.2, 0.25) is 12.7 Å². The van der Waals surface area contributed by atoms with E-state index in [1.807, 2.05) is 12.1 Å². The van der Waals surface area contributed by atoms with E-state index in [4.69, 9.17) is 18.5 Å². The monoisotopic (exact) mass is 867 g/mol. The van der Waals surface area contributed by atoms with Crippen molar-refractivity contribution in [2.75, 3.05) is 19.5 Å². The van der Waals surface area contributed by atoms with E-state index in [9.17, 15) is 39.1 Å². The van der Waals surface area contributed by atoms with E-state index < -0.39 is 57.0 Å². The average Bonchev–Trinajstić information content (AvgIpc) is 3.62. The average molecular weight is 868 g/mol. The number of hydrogen-bond donors (Lipinski definition) is 4. The van der Waals surface area contributed by atoms with Gasteiger partial charge in [0.05, 0.1) is 37.5 Å². The summed E-state index contributed by atoms with van der Waals surface area (Å²) in [5, 5.41) is 34.8. The second kappa shape index (κ2) is 20.7. The molecule has 4 aliphatic carbocycles. The minimum Gasteiger partial charge on any atom is -0.481 e. The Hall–Kier alpha value is -3.61. The molecule has 4 saturated carbocycles. The molecule has 0 aliphatic heterocycles. The number of esters is 2. The highest BCUT2D eigenvalue weighted by atomic mass is 31.2. The predicted octanol–water partition coefficient (Wildman–Crippen LogP) is 7.66. The molecule has 0 heterocycles. The highest BCUT2D eigenvalue weighted by Gasteiger charge is 2.63. The van der Waals surface area contributed by atoms with Gasteiger partial charge < -0.3 is 39.2 Å². The van der Waals surface area contributed by atoms with Crippen LogP contribution in [0.1, 0.15) is 109 Å². The number of aliphatic carboxylic acids is 1. The number of carboxylic acid groups (broad SMARTS) is 1. The van der Waals surface area contributed by atoms with Gasteiger partial charge in [-0.2, -0.15) is 0 Å². The zero-order chi connectivity index (χ0) is 43.8. The maximum Gasteiger partial charge on any atom is 0.332 e. The van der Waals surface area contributed by atoms with Crippen LogP contribution in [0.5, 0.6) is 0 Å². The van der Waals surface area contributed by atoms with Gasteiger partial charge in [0.25, 0.3) is 0 Å². The number of nitrogens with one attached hydrogen (secondary N) is 1. The van der Waals surface area contributed by atoms with E-state index >= 15 is 0 Å². The topological polar surface area (TPSA) is 195 Å². The van der Waals surface area contributed by atoms with Crippen LogP contribution in [0, 0.1) is 52.3 Å². The first-order chi connectivity index (χ1) is 29.1. The van der Waals surface area contributed by atoms with Gasteiger partial charge in [-0.05, 0) is 122 Å². The number of aliphatic hydroxyl groups is 2. The maximum absolute atomic E-state index is 13.9. The van der Waals surface area contributed by atoms with Gasteiger partial charge in [-0.15, -0.1) is 0 Å². The molecule has 0 saturated heterocycles. The van der Waals surface area contributed by atoms with Crippen LogP contribution in [0.15, 0.2) is 60.7 Å². The molecule has 6 rings (SSSR count). The van der Waals surface area contributed by atoms with E-state index in [0.717, 1.165) is 62.5 Å². The molecule has 336 valence electrons. The van der Waals surface area contributed by atoms with Gasteiger partial charge in [0, 0.05) is 12.8 Å². The molecule has 0 aromatic heterocycles. The van der Waals surface area contributed by atoms with Gasteiger partial charge >= 0.3 is 25.5 Å². The molecule has 0 bridgehead atoms. The molecule has 4 aliphatic rings. The molecule has 0 radical (unpaired) electrons. The maximum atomic E-state index is 13.9. The molecular weight excluding hydrogens is 801 g/mol. The van der Waals surface area contributed by atoms with Gasteiger partial charge in [-0.3, -0.25) is 23.7 Å². The number of carbonyl (C=O) groups is 4. The third kappa shape index (κ3) is 11.5. The lowest BCUT2D eigenvalue weighted by Gasteiger charge is -2.62. The summed E-state index contributed by atoms with van der Waals surface area (Å²) in [4.78, 5) is 49.9. The minimum atomic E-state index is -3.96. The summed E-state index contributed by atoms with van der Waals surface area (Å²) >= 11 is 0. The lowest BCUT2D eigenvalue weighted by molar-refractivity contribution is -0.175. The van der Waals surface area contributed by atoms with Crippen LogP contribution in [0.3, 0.4) is 0 Å². The second-order valence-corrected chi connectivity index (χ2v) is 20.8. The first-order valence-electron chi connectivity index (χ1n) is 22.2. The summed E-state index contributed by atoms with van der Waals surface area (Å²) in [6.07, 6.45) is 7.19. The first-order valence-corrected chi connectivity index (χ1v) is 24.0. The number of carbonyl (C=O) groups excluding carboxylic acids is 3. The Morgan fingerprint density at radius 1 is 0.803 bits per heavy atom. The SMILES string of the molecule is C[C@H](CCC(=O)NCC(=O)OCOC(=O)CCC(CP(=O)(OCc1ccccc1)OCc1ccccc1)C(=O)O)C1CCC2C3CCC4C[C@H](O)CC[C@]4(C)C3C[C@H](O)[C@@]21C. The second-order valence-electron chi connectivity index (χ2n) is 18.7. The van der Waals surface area contributed by atoms with Gasteiger partial charge in [-0.1, -0.05) is 81.4 Å². The van der Waals surface area contributed by atoms with Crippen LogP contribution in [0.2, 0.25) is 0 Å². The quantitative estimate of drug-likeness (QED) is 0.0578. The molecule has 4 fully saturated rings. The molecule has 2 aromatic rings. The van der Waals surface area contributed by atoms with Crippen molar-refractivity contribution in [2.24, 2.45) is 52.3 Å². The molecule has 11 atom stereocenters. The number of rotatable bonds is 20. The van der Waals surface area contributed by atoms with Crippen LogP contribution in [0.4, 0.5) is 0 Å². The Kier molecular flexibility index (Phi) is 15.9. The zero-order valence-corrected chi connectivity index (χ0v) is 36.8. The smallest absolute Gasteiger partial charge is 0.332 e. The third-order valence-electron chi connectivity index (χ3n) is 15.2. The fourth-order valence-corrected chi connectivity index (χ4v) is 13.6. The first kappa shape index (κ1) is 46.9. The lowest BCUT2D eigenvalue weighted by atomic mass is 9.43. The number of hydrogen-bond acceptors (Lipinski definition) is 11. The standard InChI is InChI=1S/C47H66NO12P/c1-31(38-18-19-39-37-17-16-35-24-36(49)22-23-46(35,2)40(37)25-41(50)47(38,39)3)14-20-42(51)48-26-44(53)58-30-57-43(52)21-15-34(45(54)55)29-61(56,59-27-32-10-6-4-7-11-32)60-28-33-12-8-5-9-13-33/h4-13,31,34-41,49-50H,14-30H2,1-3H3,(H,48,51)(H,54,55)/t31-,34?,35?,36-,37?,38?,39?,40?,41+,46+,47-/m1/s1. The molecule has 13 nitrogen and oxygen atoms in total. The highest BCUT2D eigenvalue weighted by Crippen LogP contribution is 2.68. The van der Waals surface area contributed by atoms with E-state index in [0.29, 0.717) is 30.1 Å². The molecular formula is C47H66NO12P. The highest BCUT2D eigenvalue weighted by molar-refractivity contribution is 7.53. The third-order valence-corrected chi connectivity index (χ3v) is 17.2. The van der Waals surface area contributed by atoms with E-state index in [1.54, 1.807) is 48.5 Å². The van der Waals surface area contributed by atoms with Crippen molar-refractivity contribution in [1.29, 1.82) is 0 Å². The summed E-state index contributed by atoms with van der Waals surface area (Å²) in [7, 11) is -3.96. The number of carboxylic acids is 1. The summed E-state index contributed by atoms with van der Waals surface area (Å²) in [6, 6.07) is 18.0. The fraction of sp³-hybridized carbons (Fsp3) is 0.660. The zero-order valence-electron chi connectivity index (χ0n) is 36.0. The molecule has 2 aromatic carbocycles. The van der Waals surface area contributed by atoms with E-state index in [2.05, 4.69) is 26.1 Å². The molecule has 6 unspecified atom stereocenters. The van der Waals surface area contributed by atoms with Gasteiger partial charge in [-0.25, -0.2) is 0 Å². The van der Waals surface area contributed by atoms with Crippen molar-refractivity contribution in [1.82, 2.24) is 5.32 Å². The van der Waals surface area contributed by atoms with Crippen molar-refractivity contribution < 1.29 is 57.6 Å². The van der Waals surface area contributed by atoms with Crippen LogP contribution in [0.25, 0.3) is 0 Å². The summed E-state index contributed by atoms with van der Waals surface area (Å²) in [6.45, 7) is 5.63. The fourth-order valence-electron chi connectivity index (χ4n) is 11.8. The van der Waals surface area contributed by atoms with Crippen LogP contribution >= 0.6 is 7.60 Å². The van der Waals surface area contributed by atoms with Crippen molar-refractivity contribution in [2.45, 2.75) is 123 Å². The molecule has 0 spiro atoms. The van der Waals surface area contributed by atoms with Gasteiger partial charge in [0.15, 0.2) is 0 Å². The number of fused-ring (bicyclic) bond motifs is 5. The molecule has 14 heteroatoms. The number of ether oxygens (including phenoxy) is 2.